The zero-order valence-electron chi connectivity index (χ0n) is 18.9. The second-order valence-corrected chi connectivity index (χ2v) is 10.1. The zero-order chi connectivity index (χ0) is 22.6. The number of nitrogens with zero attached hydrogens (tertiary/aromatic N) is 1. The Hall–Kier alpha value is -1.98. The fraction of sp³-hybridized carbons (Fsp3) is 0.440. The van der Waals surface area contributed by atoms with Gasteiger partial charge in [-0.15, -0.1) is 0 Å². The van der Waals surface area contributed by atoms with E-state index >= 15 is 0 Å². The number of halogens is 1. The molecule has 0 unspecified atom stereocenters. The van der Waals surface area contributed by atoms with Crippen molar-refractivity contribution in [1.29, 1.82) is 0 Å². The molecule has 166 valence electrons. The predicted octanol–water partition coefficient (Wildman–Crippen LogP) is 6.08. The molecule has 2 aromatic carbocycles. The van der Waals surface area contributed by atoms with Crippen LogP contribution in [0.1, 0.15) is 45.2 Å². The summed E-state index contributed by atoms with van der Waals surface area (Å²) < 4.78 is 5.84. The molecule has 4 nitrogen and oxygen atoms in total. The van der Waals surface area contributed by atoms with Crippen LogP contribution in [-0.2, 0) is 16.0 Å². The van der Waals surface area contributed by atoms with E-state index < -0.39 is 11.6 Å². The van der Waals surface area contributed by atoms with E-state index in [1.807, 2.05) is 33.8 Å². The van der Waals surface area contributed by atoms with Crippen LogP contribution in [0.2, 0.25) is 5.02 Å². The molecule has 2 aromatic rings. The lowest BCUT2D eigenvalue weighted by Gasteiger charge is -2.38. The number of aliphatic imine (C=N–C) groups is 1. The Kier molecular flexibility index (Phi) is 7.71. The SMILES string of the molecule is CCOC1=N[C@@H](C(C)C)C(=O)N[C@]1(C)CCc1ccc(Sc2cccc(C)c2)cc1Cl. The topological polar surface area (TPSA) is 50.7 Å². The zero-order valence-corrected chi connectivity index (χ0v) is 20.4. The first-order valence-corrected chi connectivity index (χ1v) is 12.0. The van der Waals surface area contributed by atoms with Crippen LogP contribution in [0.4, 0.5) is 0 Å². The maximum absolute atomic E-state index is 12.6. The van der Waals surface area contributed by atoms with Crippen molar-refractivity contribution in [3.63, 3.8) is 0 Å². The van der Waals surface area contributed by atoms with Gasteiger partial charge in [-0.05, 0) is 69.4 Å². The van der Waals surface area contributed by atoms with E-state index in [4.69, 9.17) is 16.3 Å². The number of carbonyl (C=O) groups is 1. The van der Waals surface area contributed by atoms with E-state index in [9.17, 15) is 4.79 Å². The summed E-state index contributed by atoms with van der Waals surface area (Å²) in [6, 6.07) is 14.2. The van der Waals surface area contributed by atoms with Crippen LogP contribution in [0.5, 0.6) is 0 Å². The summed E-state index contributed by atoms with van der Waals surface area (Å²) in [5.74, 6) is 0.681. The van der Waals surface area contributed by atoms with Gasteiger partial charge in [-0.25, -0.2) is 4.99 Å². The second kappa shape index (κ2) is 10.1. The molecule has 0 radical (unpaired) electrons. The number of benzene rings is 2. The van der Waals surface area contributed by atoms with E-state index in [2.05, 4.69) is 53.6 Å². The Bertz CT molecular complexity index is 976. The second-order valence-electron chi connectivity index (χ2n) is 8.55. The van der Waals surface area contributed by atoms with E-state index in [1.54, 1.807) is 11.8 Å². The number of nitrogens with one attached hydrogen (secondary N) is 1. The Labute approximate surface area is 194 Å². The summed E-state index contributed by atoms with van der Waals surface area (Å²) in [5, 5.41) is 3.89. The number of hydrogen-bond acceptors (Lipinski definition) is 4. The molecule has 0 saturated carbocycles. The standard InChI is InChI=1S/C25H31ClN2O2S/c1-6-30-24-25(5,28-23(29)22(27-24)16(2)3)13-12-18-10-11-20(15-21(18)26)31-19-9-7-8-17(4)14-19/h7-11,14-16,22H,6,12-13H2,1-5H3,(H,28,29)/t22-,25+/m0/s1. The molecule has 0 fully saturated rings. The molecule has 0 bridgehead atoms. The highest BCUT2D eigenvalue weighted by Crippen LogP contribution is 2.33. The minimum Gasteiger partial charge on any atom is -0.480 e. The van der Waals surface area contributed by atoms with E-state index in [-0.39, 0.29) is 11.8 Å². The molecule has 1 heterocycles. The van der Waals surface area contributed by atoms with Crippen molar-refractivity contribution in [3.05, 3.63) is 58.6 Å². The van der Waals surface area contributed by atoms with Crippen molar-refractivity contribution in [1.82, 2.24) is 5.32 Å². The first-order valence-electron chi connectivity index (χ1n) is 10.8. The number of aryl methyl sites for hydroxylation is 2. The third-order valence-electron chi connectivity index (χ3n) is 5.45. The van der Waals surface area contributed by atoms with Crippen LogP contribution in [-0.4, -0.2) is 30.0 Å². The maximum atomic E-state index is 12.6. The van der Waals surface area contributed by atoms with Crippen LogP contribution in [0.3, 0.4) is 0 Å². The van der Waals surface area contributed by atoms with Gasteiger partial charge < -0.3 is 10.1 Å². The van der Waals surface area contributed by atoms with Gasteiger partial charge in [0.25, 0.3) is 0 Å². The lowest BCUT2D eigenvalue weighted by molar-refractivity contribution is -0.125. The van der Waals surface area contributed by atoms with Gasteiger partial charge in [0.05, 0.1) is 6.61 Å². The summed E-state index contributed by atoms with van der Waals surface area (Å²) in [6.07, 6.45) is 1.37. The first-order chi connectivity index (χ1) is 14.7. The van der Waals surface area contributed by atoms with Gasteiger partial charge in [0.15, 0.2) is 0 Å². The molecule has 1 aliphatic heterocycles. The Morgan fingerprint density at radius 2 is 1.97 bits per heavy atom. The largest absolute Gasteiger partial charge is 0.480 e. The van der Waals surface area contributed by atoms with Crippen LogP contribution in [0.15, 0.2) is 57.2 Å². The van der Waals surface area contributed by atoms with Gasteiger partial charge in [-0.3, -0.25) is 4.79 Å². The first kappa shape index (κ1) is 23.7. The molecule has 3 rings (SSSR count). The van der Waals surface area contributed by atoms with Crippen molar-refractivity contribution in [2.24, 2.45) is 10.9 Å². The minimum absolute atomic E-state index is 0.0445. The molecule has 1 amide bonds. The summed E-state index contributed by atoms with van der Waals surface area (Å²) in [4.78, 5) is 19.6. The average molecular weight is 459 g/mol. The normalized spacial score (nSPS) is 21.1. The molecular weight excluding hydrogens is 428 g/mol. The van der Waals surface area contributed by atoms with Gasteiger partial charge in [0.2, 0.25) is 11.8 Å². The molecule has 2 atom stereocenters. The van der Waals surface area contributed by atoms with Crippen LogP contribution < -0.4 is 5.32 Å². The van der Waals surface area contributed by atoms with Gasteiger partial charge in [-0.1, -0.05) is 61.0 Å². The Morgan fingerprint density at radius 3 is 2.61 bits per heavy atom. The lowest BCUT2D eigenvalue weighted by atomic mass is 9.89. The van der Waals surface area contributed by atoms with Crippen molar-refractivity contribution < 1.29 is 9.53 Å². The molecular formula is C25H31ClN2O2S. The molecule has 1 N–H and O–H groups in total. The molecule has 1 aliphatic rings. The van der Waals surface area contributed by atoms with Gasteiger partial charge in [0, 0.05) is 14.8 Å². The Morgan fingerprint density at radius 1 is 1.23 bits per heavy atom. The number of ether oxygens (including phenoxy) is 1. The molecule has 6 heteroatoms. The molecule has 31 heavy (non-hydrogen) atoms. The van der Waals surface area contributed by atoms with Gasteiger partial charge in [-0.2, -0.15) is 0 Å². The molecule has 0 aromatic heterocycles. The fourth-order valence-electron chi connectivity index (χ4n) is 3.68. The Balaban J connectivity index is 1.73. The monoisotopic (exact) mass is 458 g/mol. The third-order valence-corrected chi connectivity index (χ3v) is 6.78. The smallest absolute Gasteiger partial charge is 0.246 e. The third kappa shape index (κ3) is 5.83. The summed E-state index contributed by atoms with van der Waals surface area (Å²) in [6.45, 7) is 10.5. The minimum atomic E-state index is -0.642. The van der Waals surface area contributed by atoms with Crippen molar-refractivity contribution in [2.75, 3.05) is 6.61 Å². The number of amides is 1. The quantitative estimate of drug-likeness (QED) is 0.546. The van der Waals surface area contributed by atoms with Gasteiger partial charge >= 0.3 is 0 Å². The van der Waals surface area contributed by atoms with Gasteiger partial charge in [0.1, 0.15) is 11.6 Å². The fourth-order valence-corrected chi connectivity index (χ4v) is 4.99. The summed E-state index contributed by atoms with van der Waals surface area (Å²) >= 11 is 8.32. The highest BCUT2D eigenvalue weighted by atomic mass is 35.5. The molecule has 0 spiro atoms. The number of rotatable bonds is 7. The summed E-state index contributed by atoms with van der Waals surface area (Å²) in [7, 11) is 0. The van der Waals surface area contributed by atoms with Crippen molar-refractivity contribution >= 4 is 35.2 Å². The summed E-state index contributed by atoms with van der Waals surface area (Å²) in [5.41, 5.74) is 1.64. The highest BCUT2D eigenvalue weighted by molar-refractivity contribution is 7.99. The van der Waals surface area contributed by atoms with E-state index in [0.717, 1.165) is 15.5 Å². The number of carbonyl (C=O) groups excluding carboxylic acids is 1. The van der Waals surface area contributed by atoms with E-state index in [0.29, 0.717) is 25.3 Å². The highest BCUT2D eigenvalue weighted by Gasteiger charge is 2.41. The number of hydrogen-bond donors (Lipinski definition) is 1. The average Bonchev–Trinajstić information content (AvgIpc) is 2.69. The molecule has 0 aliphatic carbocycles. The predicted molar refractivity (Wildman–Crippen MR) is 129 cm³/mol. The maximum Gasteiger partial charge on any atom is 0.246 e. The van der Waals surface area contributed by atoms with E-state index in [1.165, 1.54) is 10.5 Å². The van der Waals surface area contributed by atoms with Crippen LogP contribution >= 0.6 is 23.4 Å². The van der Waals surface area contributed by atoms with Crippen LogP contribution in [0, 0.1) is 12.8 Å². The van der Waals surface area contributed by atoms with Crippen molar-refractivity contribution in [2.45, 2.75) is 68.8 Å². The molecule has 0 saturated heterocycles. The van der Waals surface area contributed by atoms with Crippen LogP contribution in [0.25, 0.3) is 0 Å². The lowest BCUT2D eigenvalue weighted by Crippen LogP contribution is -2.60. The van der Waals surface area contributed by atoms with Crippen molar-refractivity contribution in [3.8, 4) is 0 Å².